The van der Waals surface area contributed by atoms with Crippen LogP contribution >= 0.6 is 0 Å². The maximum absolute atomic E-state index is 12.4. The van der Waals surface area contributed by atoms with E-state index in [2.05, 4.69) is 12.2 Å². The van der Waals surface area contributed by atoms with Crippen LogP contribution in [0.3, 0.4) is 0 Å². The van der Waals surface area contributed by atoms with Crippen molar-refractivity contribution < 1.29 is 13.2 Å². The van der Waals surface area contributed by atoms with Crippen LogP contribution in [-0.4, -0.2) is 67.1 Å². The lowest BCUT2D eigenvalue weighted by Gasteiger charge is -2.36. The van der Waals surface area contributed by atoms with Crippen LogP contribution in [0, 0.1) is 5.92 Å². The quantitative estimate of drug-likeness (QED) is 0.685. The van der Waals surface area contributed by atoms with Crippen LogP contribution in [0.25, 0.3) is 0 Å². The first-order valence-electron chi connectivity index (χ1n) is 8.18. The van der Waals surface area contributed by atoms with Crippen molar-refractivity contribution in [2.24, 2.45) is 5.92 Å². The second-order valence-electron chi connectivity index (χ2n) is 5.84. The molecule has 1 saturated heterocycles. The average Bonchev–Trinajstić information content (AvgIpc) is 3.01. The highest BCUT2D eigenvalue weighted by molar-refractivity contribution is 7.86. The van der Waals surface area contributed by atoms with Crippen molar-refractivity contribution in [3.05, 3.63) is 12.2 Å². The summed E-state index contributed by atoms with van der Waals surface area (Å²) in [4.78, 5) is 14.1. The number of hydrogen-bond acceptors (Lipinski definition) is 3. The third-order valence-corrected chi connectivity index (χ3v) is 6.69. The number of carbonyl (C=O) groups is 1. The molecule has 0 saturated carbocycles. The van der Waals surface area contributed by atoms with Gasteiger partial charge in [0.15, 0.2) is 0 Å². The zero-order valence-electron chi connectivity index (χ0n) is 13.6. The van der Waals surface area contributed by atoms with Gasteiger partial charge in [0.1, 0.15) is 0 Å². The number of nitrogens with zero attached hydrogens (tertiary/aromatic N) is 3. The standard InChI is InChI=1S/C15H27N3O3S/c1-3-17(4-2)22(20,21)18-11-9-16(10-12-18)15(19)13-14-7-5-6-8-14/h5,7,14H,3-4,6,8-13H2,1-2H3/t14-/m1/s1. The summed E-state index contributed by atoms with van der Waals surface area (Å²) in [6.07, 6.45) is 6.93. The Morgan fingerprint density at radius 2 is 1.82 bits per heavy atom. The maximum atomic E-state index is 12.4. The molecule has 6 nitrogen and oxygen atoms in total. The van der Waals surface area contributed by atoms with Crippen molar-refractivity contribution in [2.75, 3.05) is 39.3 Å². The zero-order chi connectivity index (χ0) is 16.2. The summed E-state index contributed by atoms with van der Waals surface area (Å²) < 4.78 is 27.9. The summed E-state index contributed by atoms with van der Waals surface area (Å²) in [5.41, 5.74) is 0. The zero-order valence-corrected chi connectivity index (χ0v) is 14.4. The molecule has 0 N–H and O–H groups in total. The Morgan fingerprint density at radius 1 is 1.18 bits per heavy atom. The molecule has 126 valence electrons. The molecule has 0 bridgehead atoms. The third-order valence-electron chi connectivity index (χ3n) is 4.50. The highest BCUT2D eigenvalue weighted by atomic mass is 32.2. The lowest BCUT2D eigenvalue weighted by Crippen LogP contribution is -2.54. The van der Waals surface area contributed by atoms with Crippen molar-refractivity contribution in [1.82, 2.24) is 13.5 Å². The molecule has 7 heteroatoms. The molecule has 1 aliphatic heterocycles. The summed E-state index contributed by atoms with van der Waals surface area (Å²) in [7, 11) is -3.38. The van der Waals surface area contributed by atoms with Crippen LogP contribution in [0.15, 0.2) is 12.2 Å². The van der Waals surface area contributed by atoms with Crippen molar-refractivity contribution >= 4 is 16.1 Å². The maximum Gasteiger partial charge on any atom is 0.282 e. The minimum atomic E-state index is -3.38. The van der Waals surface area contributed by atoms with E-state index in [1.165, 1.54) is 8.61 Å². The van der Waals surface area contributed by atoms with E-state index in [4.69, 9.17) is 0 Å². The smallest absolute Gasteiger partial charge is 0.282 e. The van der Waals surface area contributed by atoms with E-state index in [0.29, 0.717) is 51.6 Å². The summed E-state index contributed by atoms with van der Waals surface area (Å²) in [6.45, 7) is 6.42. The Bertz CT molecular complexity index is 506. The van der Waals surface area contributed by atoms with E-state index >= 15 is 0 Å². The lowest BCUT2D eigenvalue weighted by atomic mass is 10.0. The molecular weight excluding hydrogens is 302 g/mol. The van der Waals surface area contributed by atoms with Gasteiger partial charge in [-0.05, 0) is 18.8 Å². The van der Waals surface area contributed by atoms with Gasteiger partial charge in [-0.2, -0.15) is 17.0 Å². The van der Waals surface area contributed by atoms with Crippen LogP contribution in [0.2, 0.25) is 0 Å². The molecular formula is C15H27N3O3S. The molecule has 2 rings (SSSR count). The molecule has 22 heavy (non-hydrogen) atoms. The van der Waals surface area contributed by atoms with Gasteiger partial charge >= 0.3 is 0 Å². The van der Waals surface area contributed by atoms with Crippen molar-refractivity contribution in [3.63, 3.8) is 0 Å². The van der Waals surface area contributed by atoms with Gasteiger partial charge in [0.05, 0.1) is 0 Å². The Balaban J connectivity index is 1.87. The van der Waals surface area contributed by atoms with Gasteiger partial charge in [0.25, 0.3) is 10.2 Å². The average molecular weight is 329 g/mol. The van der Waals surface area contributed by atoms with Gasteiger partial charge in [0, 0.05) is 45.7 Å². The predicted molar refractivity (Wildman–Crippen MR) is 86.5 cm³/mol. The normalized spacial score (nSPS) is 23.4. The van der Waals surface area contributed by atoms with Crippen molar-refractivity contribution in [3.8, 4) is 0 Å². The molecule has 1 fully saturated rings. The van der Waals surface area contributed by atoms with Crippen molar-refractivity contribution in [1.29, 1.82) is 0 Å². The van der Waals surface area contributed by atoms with E-state index in [1.54, 1.807) is 4.90 Å². The van der Waals surface area contributed by atoms with Gasteiger partial charge in [0.2, 0.25) is 5.91 Å². The SMILES string of the molecule is CCN(CC)S(=O)(=O)N1CCN(C(=O)C[C@@H]2C=CCC2)CC1. The van der Waals surface area contributed by atoms with Crippen LogP contribution in [0.1, 0.15) is 33.1 Å². The van der Waals surface area contributed by atoms with Crippen molar-refractivity contribution in [2.45, 2.75) is 33.1 Å². The number of amides is 1. The third kappa shape index (κ3) is 3.88. The molecule has 0 unspecified atom stereocenters. The summed E-state index contributed by atoms with van der Waals surface area (Å²) in [5.74, 6) is 0.515. The summed E-state index contributed by atoms with van der Waals surface area (Å²) >= 11 is 0. The Labute approximate surface area is 133 Å². The molecule has 1 aliphatic carbocycles. The number of hydrogen-bond donors (Lipinski definition) is 0. The minimum Gasteiger partial charge on any atom is -0.340 e. The molecule has 2 aliphatic rings. The van der Waals surface area contributed by atoms with Gasteiger partial charge < -0.3 is 4.90 Å². The van der Waals surface area contributed by atoms with E-state index in [-0.39, 0.29) is 5.91 Å². The second kappa shape index (κ2) is 7.57. The van der Waals surface area contributed by atoms with Crippen LogP contribution in [-0.2, 0) is 15.0 Å². The van der Waals surface area contributed by atoms with Crippen LogP contribution in [0.4, 0.5) is 0 Å². The van der Waals surface area contributed by atoms with E-state index in [0.717, 1.165) is 12.8 Å². The Morgan fingerprint density at radius 3 is 2.32 bits per heavy atom. The van der Waals surface area contributed by atoms with E-state index in [9.17, 15) is 13.2 Å². The predicted octanol–water partition coefficient (Wildman–Crippen LogP) is 1.07. The lowest BCUT2D eigenvalue weighted by molar-refractivity contribution is -0.133. The van der Waals surface area contributed by atoms with E-state index in [1.807, 2.05) is 13.8 Å². The molecule has 1 amide bonds. The number of piperazine rings is 1. The highest BCUT2D eigenvalue weighted by Gasteiger charge is 2.32. The Kier molecular flexibility index (Phi) is 6.00. The van der Waals surface area contributed by atoms with Crippen LogP contribution < -0.4 is 0 Å². The second-order valence-corrected chi connectivity index (χ2v) is 7.77. The first-order chi connectivity index (χ1) is 10.5. The first kappa shape index (κ1) is 17.4. The molecule has 0 spiro atoms. The molecule has 0 aromatic heterocycles. The molecule has 0 radical (unpaired) electrons. The fourth-order valence-corrected chi connectivity index (χ4v) is 4.70. The first-order valence-corrected chi connectivity index (χ1v) is 9.58. The van der Waals surface area contributed by atoms with Gasteiger partial charge in [-0.3, -0.25) is 4.79 Å². The summed E-state index contributed by atoms with van der Waals surface area (Å²) in [6, 6.07) is 0. The number of carbonyl (C=O) groups excluding carboxylic acids is 1. The Hall–Kier alpha value is -0.920. The van der Waals surface area contributed by atoms with Gasteiger partial charge in [-0.25, -0.2) is 0 Å². The molecule has 0 aromatic carbocycles. The summed E-state index contributed by atoms with van der Waals surface area (Å²) in [5, 5.41) is 0. The monoisotopic (exact) mass is 329 g/mol. The fourth-order valence-electron chi connectivity index (χ4n) is 3.10. The largest absolute Gasteiger partial charge is 0.340 e. The van der Waals surface area contributed by atoms with Crippen LogP contribution in [0.5, 0.6) is 0 Å². The molecule has 0 aromatic rings. The van der Waals surface area contributed by atoms with Gasteiger partial charge in [-0.15, -0.1) is 0 Å². The number of rotatable bonds is 6. The topological polar surface area (TPSA) is 60.9 Å². The highest BCUT2D eigenvalue weighted by Crippen LogP contribution is 2.22. The minimum absolute atomic E-state index is 0.149. The fraction of sp³-hybridized carbons (Fsp3) is 0.800. The molecule has 1 atom stereocenters. The van der Waals surface area contributed by atoms with Gasteiger partial charge in [-0.1, -0.05) is 26.0 Å². The number of allylic oxidation sites excluding steroid dienone is 2. The molecule has 1 heterocycles. The van der Waals surface area contributed by atoms with E-state index < -0.39 is 10.2 Å².